The van der Waals surface area contributed by atoms with E-state index in [4.69, 9.17) is 0 Å². The zero-order valence-electron chi connectivity index (χ0n) is 11.9. The highest BCUT2D eigenvalue weighted by molar-refractivity contribution is 5.36. The third kappa shape index (κ3) is 2.71. The van der Waals surface area contributed by atoms with Crippen molar-refractivity contribution in [3.8, 4) is 5.69 Å². The third-order valence-corrected chi connectivity index (χ3v) is 3.56. The lowest BCUT2D eigenvalue weighted by Gasteiger charge is -2.10. The first-order valence-corrected chi connectivity index (χ1v) is 6.93. The number of aryl methyl sites for hydroxylation is 1. The van der Waals surface area contributed by atoms with Gasteiger partial charge in [0.2, 0.25) is 0 Å². The monoisotopic (exact) mass is 279 g/mol. The molecule has 1 heterocycles. The summed E-state index contributed by atoms with van der Waals surface area (Å²) < 4.78 is 1.92. The number of para-hydroxylation sites is 1. The van der Waals surface area contributed by atoms with E-state index >= 15 is 0 Å². The highest BCUT2D eigenvalue weighted by atomic mass is 16.3. The molecule has 1 N–H and O–H groups in total. The predicted octanol–water partition coefficient (Wildman–Crippen LogP) is 2.66. The van der Waals surface area contributed by atoms with Gasteiger partial charge in [0.25, 0.3) is 0 Å². The molecule has 3 aromatic rings. The third-order valence-electron chi connectivity index (χ3n) is 3.56. The molecule has 0 fully saturated rings. The first-order chi connectivity index (χ1) is 10.3. The molecule has 0 aliphatic rings. The maximum atomic E-state index is 9.49. The second-order valence-corrected chi connectivity index (χ2v) is 4.96. The number of hydrogen-bond acceptors (Lipinski definition) is 3. The predicted molar refractivity (Wildman–Crippen MR) is 81.3 cm³/mol. The molecular weight excluding hydrogens is 262 g/mol. The number of rotatable bonds is 4. The molecule has 1 aromatic heterocycles. The van der Waals surface area contributed by atoms with Crippen LogP contribution >= 0.6 is 0 Å². The van der Waals surface area contributed by atoms with Crippen LogP contribution in [0.1, 0.15) is 22.8 Å². The smallest absolute Gasteiger partial charge is 0.163 e. The zero-order valence-corrected chi connectivity index (χ0v) is 11.9. The standard InChI is InChI=1S/C17H17N3O/c1-13-7-5-6-8-14(13)11-16-18-19-17(12-21)20(16)15-9-3-2-4-10-15/h2-10,21H,11-12H2,1H3. The summed E-state index contributed by atoms with van der Waals surface area (Å²) in [4.78, 5) is 0. The molecule has 0 amide bonds. The van der Waals surface area contributed by atoms with Gasteiger partial charge < -0.3 is 5.11 Å². The molecule has 0 spiro atoms. The van der Waals surface area contributed by atoms with Crippen molar-refractivity contribution in [3.05, 3.63) is 77.4 Å². The Morgan fingerprint density at radius 1 is 0.905 bits per heavy atom. The fraction of sp³-hybridized carbons (Fsp3) is 0.176. The van der Waals surface area contributed by atoms with Crippen LogP contribution in [0.15, 0.2) is 54.6 Å². The molecule has 0 aliphatic carbocycles. The maximum Gasteiger partial charge on any atom is 0.163 e. The summed E-state index contributed by atoms with van der Waals surface area (Å²) >= 11 is 0. The second kappa shape index (κ2) is 5.89. The molecule has 4 nitrogen and oxygen atoms in total. The lowest BCUT2D eigenvalue weighted by atomic mass is 10.1. The summed E-state index contributed by atoms with van der Waals surface area (Å²) in [5.41, 5.74) is 3.41. The van der Waals surface area contributed by atoms with Crippen molar-refractivity contribution in [2.75, 3.05) is 0 Å². The minimum Gasteiger partial charge on any atom is -0.388 e. The summed E-state index contributed by atoms with van der Waals surface area (Å²) in [6, 6.07) is 18.1. The molecule has 3 rings (SSSR count). The number of aliphatic hydroxyl groups is 1. The van der Waals surface area contributed by atoms with E-state index in [1.807, 2.05) is 47.0 Å². The van der Waals surface area contributed by atoms with Gasteiger partial charge in [-0.15, -0.1) is 10.2 Å². The quantitative estimate of drug-likeness (QED) is 0.798. The Bertz CT molecular complexity index is 735. The summed E-state index contributed by atoms with van der Waals surface area (Å²) in [6.07, 6.45) is 0.689. The van der Waals surface area contributed by atoms with E-state index in [0.717, 1.165) is 11.5 Å². The molecule has 2 aromatic carbocycles. The number of aromatic nitrogens is 3. The molecular formula is C17H17N3O. The van der Waals surface area contributed by atoms with E-state index in [0.29, 0.717) is 12.2 Å². The van der Waals surface area contributed by atoms with Gasteiger partial charge in [0.1, 0.15) is 12.4 Å². The minimum absolute atomic E-state index is 0.129. The van der Waals surface area contributed by atoms with Crippen molar-refractivity contribution in [2.24, 2.45) is 0 Å². The van der Waals surface area contributed by atoms with Gasteiger partial charge in [0.05, 0.1) is 0 Å². The number of hydrogen-bond donors (Lipinski definition) is 1. The molecule has 0 atom stereocenters. The molecule has 106 valence electrons. The Balaban J connectivity index is 2.04. The van der Waals surface area contributed by atoms with E-state index in [1.165, 1.54) is 11.1 Å². The Morgan fingerprint density at radius 2 is 1.57 bits per heavy atom. The van der Waals surface area contributed by atoms with Crippen LogP contribution in [0.4, 0.5) is 0 Å². The molecule has 0 saturated carbocycles. The van der Waals surface area contributed by atoms with E-state index < -0.39 is 0 Å². The van der Waals surface area contributed by atoms with Gasteiger partial charge in [-0.3, -0.25) is 4.57 Å². The highest BCUT2D eigenvalue weighted by Crippen LogP contribution is 2.18. The minimum atomic E-state index is -0.129. The molecule has 0 saturated heterocycles. The SMILES string of the molecule is Cc1ccccc1Cc1nnc(CO)n1-c1ccccc1. The Kier molecular flexibility index (Phi) is 3.79. The van der Waals surface area contributed by atoms with Crippen molar-refractivity contribution >= 4 is 0 Å². The molecule has 0 bridgehead atoms. The average molecular weight is 279 g/mol. The Hall–Kier alpha value is -2.46. The van der Waals surface area contributed by atoms with E-state index in [9.17, 15) is 5.11 Å². The van der Waals surface area contributed by atoms with Crippen LogP contribution in [-0.4, -0.2) is 19.9 Å². The normalized spacial score (nSPS) is 10.8. The highest BCUT2D eigenvalue weighted by Gasteiger charge is 2.14. The largest absolute Gasteiger partial charge is 0.388 e. The summed E-state index contributed by atoms with van der Waals surface area (Å²) in [6.45, 7) is 1.96. The summed E-state index contributed by atoms with van der Waals surface area (Å²) in [7, 11) is 0. The summed E-state index contributed by atoms with van der Waals surface area (Å²) in [5, 5.41) is 17.8. The molecule has 4 heteroatoms. The van der Waals surface area contributed by atoms with Gasteiger partial charge in [-0.05, 0) is 30.2 Å². The average Bonchev–Trinajstić information content (AvgIpc) is 2.93. The Morgan fingerprint density at radius 3 is 2.29 bits per heavy atom. The molecule has 0 aliphatic heterocycles. The van der Waals surface area contributed by atoms with Crippen LogP contribution < -0.4 is 0 Å². The molecule has 0 unspecified atom stereocenters. The van der Waals surface area contributed by atoms with Crippen LogP contribution in [0, 0.1) is 6.92 Å². The van der Waals surface area contributed by atoms with Crippen LogP contribution in [0.25, 0.3) is 5.69 Å². The van der Waals surface area contributed by atoms with Crippen molar-refractivity contribution in [1.29, 1.82) is 0 Å². The van der Waals surface area contributed by atoms with Crippen LogP contribution in [0.3, 0.4) is 0 Å². The van der Waals surface area contributed by atoms with E-state index in [1.54, 1.807) is 0 Å². The van der Waals surface area contributed by atoms with Crippen LogP contribution in [-0.2, 0) is 13.0 Å². The number of nitrogens with zero attached hydrogens (tertiary/aromatic N) is 3. The van der Waals surface area contributed by atoms with Crippen LogP contribution in [0.5, 0.6) is 0 Å². The lowest BCUT2D eigenvalue weighted by Crippen LogP contribution is -2.06. The fourth-order valence-electron chi connectivity index (χ4n) is 2.42. The topological polar surface area (TPSA) is 50.9 Å². The molecule has 0 radical (unpaired) electrons. The second-order valence-electron chi connectivity index (χ2n) is 4.96. The fourth-order valence-corrected chi connectivity index (χ4v) is 2.42. The summed E-state index contributed by atoms with van der Waals surface area (Å²) in [5.74, 6) is 1.39. The Labute approximate surface area is 123 Å². The number of aliphatic hydroxyl groups excluding tert-OH is 1. The van der Waals surface area contributed by atoms with Gasteiger partial charge in [-0.1, -0.05) is 42.5 Å². The maximum absolute atomic E-state index is 9.49. The lowest BCUT2D eigenvalue weighted by molar-refractivity contribution is 0.268. The van der Waals surface area contributed by atoms with Crippen LogP contribution in [0.2, 0.25) is 0 Å². The van der Waals surface area contributed by atoms with Gasteiger partial charge in [0, 0.05) is 12.1 Å². The van der Waals surface area contributed by atoms with Crippen molar-refractivity contribution in [2.45, 2.75) is 20.0 Å². The van der Waals surface area contributed by atoms with Crippen molar-refractivity contribution in [1.82, 2.24) is 14.8 Å². The van der Waals surface area contributed by atoms with Gasteiger partial charge in [-0.25, -0.2) is 0 Å². The van der Waals surface area contributed by atoms with Gasteiger partial charge >= 0.3 is 0 Å². The van der Waals surface area contributed by atoms with E-state index in [-0.39, 0.29) is 6.61 Å². The van der Waals surface area contributed by atoms with Crippen molar-refractivity contribution in [3.63, 3.8) is 0 Å². The zero-order chi connectivity index (χ0) is 14.7. The first kappa shape index (κ1) is 13.5. The van der Waals surface area contributed by atoms with Gasteiger partial charge in [0.15, 0.2) is 5.82 Å². The van der Waals surface area contributed by atoms with Gasteiger partial charge in [-0.2, -0.15) is 0 Å². The molecule has 21 heavy (non-hydrogen) atoms. The number of benzene rings is 2. The van der Waals surface area contributed by atoms with Crippen molar-refractivity contribution < 1.29 is 5.11 Å². The first-order valence-electron chi connectivity index (χ1n) is 6.93. The van der Waals surface area contributed by atoms with E-state index in [2.05, 4.69) is 29.3 Å².